The number of carbonyl (C=O) groups is 2. The summed E-state index contributed by atoms with van der Waals surface area (Å²) in [6, 6.07) is 3.23. The Labute approximate surface area is 180 Å². The van der Waals surface area contributed by atoms with Crippen LogP contribution in [0.15, 0.2) is 18.2 Å². The average molecular weight is 465 g/mol. The molecular weight excluding hydrogens is 444 g/mol. The summed E-state index contributed by atoms with van der Waals surface area (Å²) < 4.78 is 65.2. The lowest BCUT2D eigenvalue weighted by atomic mass is 9.68. The van der Waals surface area contributed by atoms with Gasteiger partial charge in [-0.15, -0.1) is 0 Å². The Bertz CT molecular complexity index is 880. The minimum absolute atomic E-state index is 0.0224. The van der Waals surface area contributed by atoms with E-state index in [1.807, 2.05) is 0 Å². The van der Waals surface area contributed by atoms with Crippen molar-refractivity contribution < 1.29 is 36.6 Å². The highest BCUT2D eigenvalue weighted by Gasteiger charge is 2.58. The summed E-state index contributed by atoms with van der Waals surface area (Å²) >= 11 is 5.86. The van der Waals surface area contributed by atoms with Gasteiger partial charge in [0.15, 0.2) is 0 Å². The number of carbonyl (C=O) groups excluding carboxylic acids is 2. The molecule has 1 aromatic rings. The van der Waals surface area contributed by atoms with Gasteiger partial charge in [-0.25, -0.2) is 9.18 Å². The zero-order valence-electron chi connectivity index (χ0n) is 16.4. The number of benzene rings is 1. The second-order valence-electron chi connectivity index (χ2n) is 8.55. The van der Waals surface area contributed by atoms with Crippen LogP contribution in [0.3, 0.4) is 0 Å². The Morgan fingerprint density at radius 1 is 1.29 bits per heavy atom. The number of hydrogen-bond acceptors (Lipinski definition) is 4. The zero-order chi connectivity index (χ0) is 22.4. The van der Waals surface area contributed by atoms with Crippen LogP contribution in [0.2, 0.25) is 5.02 Å². The molecule has 170 valence electrons. The summed E-state index contributed by atoms with van der Waals surface area (Å²) in [6.07, 6.45) is -4.83. The van der Waals surface area contributed by atoms with Crippen LogP contribution in [0.25, 0.3) is 0 Å². The van der Waals surface area contributed by atoms with E-state index in [2.05, 4.69) is 5.32 Å². The quantitative estimate of drug-likeness (QED) is 0.686. The van der Waals surface area contributed by atoms with Gasteiger partial charge in [-0.3, -0.25) is 4.79 Å². The molecule has 0 aromatic heterocycles. The number of ether oxygens (including phenoxy) is 2. The molecule has 1 N–H and O–H groups in total. The van der Waals surface area contributed by atoms with Gasteiger partial charge >= 0.3 is 12.3 Å². The van der Waals surface area contributed by atoms with E-state index in [0.29, 0.717) is 12.8 Å². The summed E-state index contributed by atoms with van der Waals surface area (Å²) in [5.41, 5.74) is -2.65. The molecule has 1 aromatic carbocycles. The molecule has 31 heavy (non-hydrogen) atoms. The van der Waals surface area contributed by atoms with Gasteiger partial charge in [-0.2, -0.15) is 13.2 Å². The summed E-state index contributed by atoms with van der Waals surface area (Å²) in [5.74, 6) is -1.18. The van der Waals surface area contributed by atoms with Crippen molar-refractivity contribution in [2.75, 3.05) is 26.3 Å². The molecule has 0 atom stereocenters. The molecule has 0 bridgehead atoms. The smallest absolute Gasteiger partial charge is 0.407 e. The molecule has 4 rings (SSSR count). The molecule has 3 aliphatic rings. The first-order valence-corrected chi connectivity index (χ1v) is 10.3. The third-order valence-electron chi connectivity index (χ3n) is 6.50. The number of cyclic esters (lactones) is 1. The van der Waals surface area contributed by atoms with Crippen LogP contribution < -0.4 is 10.1 Å². The molecule has 2 aliphatic heterocycles. The third kappa shape index (κ3) is 4.14. The molecule has 2 heterocycles. The number of hydrogen-bond donors (Lipinski definition) is 1. The van der Waals surface area contributed by atoms with E-state index < -0.39 is 35.6 Å². The maximum atomic E-state index is 13.9. The summed E-state index contributed by atoms with van der Waals surface area (Å²) in [4.78, 5) is 25.4. The monoisotopic (exact) mass is 464 g/mol. The molecule has 11 heteroatoms. The minimum Gasteiger partial charge on any atom is -0.491 e. The van der Waals surface area contributed by atoms with Gasteiger partial charge in [0.05, 0.1) is 10.6 Å². The van der Waals surface area contributed by atoms with Gasteiger partial charge in [-0.1, -0.05) is 11.6 Å². The predicted octanol–water partition coefficient (Wildman–Crippen LogP) is 3.92. The topological polar surface area (TPSA) is 67.9 Å². The molecule has 1 saturated carbocycles. The van der Waals surface area contributed by atoms with Gasteiger partial charge in [0.1, 0.15) is 30.2 Å². The van der Waals surface area contributed by atoms with Gasteiger partial charge in [-0.05, 0) is 43.9 Å². The lowest BCUT2D eigenvalue weighted by molar-refractivity contribution is -0.246. The number of halogens is 5. The fourth-order valence-corrected chi connectivity index (χ4v) is 4.72. The maximum absolute atomic E-state index is 13.9. The van der Waals surface area contributed by atoms with Crippen molar-refractivity contribution >= 4 is 23.6 Å². The fourth-order valence-electron chi connectivity index (χ4n) is 4.50. The Hall–Kier alpha value is -2.23. The SMILES string of the molecule is O=C1NC2(CO1)CC(C(=O)N1CCC(COc3ccc(F)cc3Cl)(C(F)(F)F)CC1)C2. The van der Waals surface area contributed by atoms with E-state index >= 15 is 0 Å². The molecule has 3 fully saturated rings. The van der Waals surface area contributed by atoms with Crippen LogP contribution in [0.4, 0.5) is 22.4 Å². The number of alkyl carbamates (subject to hydrolysis) is 1. The van der Waals surface area contributed by atoms with Crippen LogP contribution >= 0.6 is 11.6 Å². The maximum Gasteiger partial charge on any atom is 0.407 e. The number of likely N-dealkylation sites (tertiary alicyclic amines) is 1. The standard InChI is InChI=1S/C20H21ClF4N2O4/c21-14-7-13(22)1-2-15(14)30-10-18(20(23,24)25)3-5-27(6-4-18)16(28)12-8-19(9-12)11-31-17(29)26-19/h1-2,7,12H,3-6,8-11H2,(H,26,29). The number of rotatable bonds is 4. The van der Waals surface area contributed by atoms with Crippen molar-refractivity contribution in [1.29, 1.82) is 0 Å². The summed E-state index contributed by atoms with van der Waals surface area (Å²) in [7, 11) is 0. The molecule has 2 saturated heterocycles. The van der Waals surface area contributed by atoms with Crippen molar-refractivity contribution in [2.24, 2.45) is 11.3 Å². The Morgan fingerprint density at radius 2 is 1.97 bits per heavy atom. The highest BCUT2D eigenvalue weighted by atomic mass is 35.5. The lowest BCUT2D eigenvalue weighted by Crippen LogP contribution is -2.60. The van der Waals surface area contributed by atoms with Crippen LogP contribution in [0.5, 0.6) is 5.75 Å². The molecule has 1 aliphatic carbocycles. The largest absolute Gasteiger partial charge is 0.491 e. The van der Waals surface area contributed by atoms with E-state index in [9.17, 15) is 27.2 Å². The molecule has 1 spiro atoms. The molecule has 2 amide bonds. The fraction of sp³-hybridized carbons (Fsp3) is 0.600. The average Bonchev–Trinajstić information content (AvgIpc) is 3.07. The normalized spacial score (nSPS) is 27.5. The Kier molecular flexibility index (Phi) is 5.47. The highest BCUT2D eigenvalue weighted by Crippen LogP contribution is 2.48. The molecule has 0 radical (unpaired) electrons. The van der Waals surface area contributed by atoms with E-state index in [4.69, 9.17) is 21.1 Å². The zero-order valence-corrected chi connectivity index (χ0v) is 17.2. The van der Waals surface area contributed by atoms with Gasteiger partial charge < -0.3 is 19.7 Å². The molecule has 0 unspecified atom stereocenters. The van der Waals surface area contributed by atoms with E-state index in [1.54, 1.807) is 0 Å². The molecule has 6 nitrogen and oxygen atoms in total. The first-order valence-electron chi connectivity index (χ1n) is 9.91. The minimum atomic E-state index is -4.54. The van der Waals surface area contributed by atoms with Crippen molar-refractivity contribution in [2.45, 2.75) is 37.4 Å². The van der Waals surface area contributed by atoms with Crippen LogP contribution in [0, 0.1) is 17.2 Å². The van der Waals surface area contributed by atoms with Crippen LogP contribution in [0.1, 0.15) is 25.7 Å². The second-order valence-corrected chi connectivity index (χ2v) is 8.96. The van der Waals surface area contributed by atoms with E-state index in [1.165, 1.54) is 11.0 Å². The van der Waals surface area contributed by atoms with Gasteiger partial charge in [0.2, 0.25) is 5.91 Å². The molecular formula is C20H21ClF4N2O4. The van der Waals surface area contributed by atoms with Crippen molar-refractivity contribution in [3.8, 4) is 5.75 Å². The lowest BCUT2D eigenvalue weighted by Gasteiger charge is -2.47. The second kappa shape index (κ2) is 7.72. The van der Waals surface area contributed by atoms with Crippen molar-refractivity contribution in [3.63, 3.8) is 0 Å². The van der Waals surface area contributed by atoms with E-state index in [-0.39, 0.29) is 55.1 Å². The Morgan fingerprint density at radius 3 is 2.52 bits per heavy atom. The van der Waals surface area contributed by atoms with Crippen molar-refractivity contribution in [3.05, 3.63) is 29.0 Å². The third-order valence-corrected chi connectivity index (χ3v) is 6.80. The highest BCUT2D eigenvalue weighted by molar-refractivity contribution is 6.32. The number of piperidine rings is 1. The number of amides is 2. The first-order chi connectivity index (χ1) is 14.5. The van der Waals surface area contributed by atoms with Gasteiger partial charge in [0, 0.05) is 19.0 Å². The summed E-state index contributed by atoms with van der Waals surface area (Å²) in [6.45, 7) is -0.563. The number of nitrogens with one attached hydrogen (secondary N) is 1. The van der Waals surface area contributed by atoms with Crippen molar-refractivity contribution in [1.82, 2.24) is 10.2 Å². The Balaban J connectivity index is 1.36. The van der Waals surface area contributed by atoms with E-state index in [0.717, 1.165) is 12.1 Å². The van der Waals surface area contributed by atoms with Gasteiger partial charge in [0.25, 0.3) is 0 Å². The number of alkyl halides is 3. The van der Waals surface area contributed by atoms with Crippen LogP contribution in [-0.2, 0) is 9.53 Å². The first kappa shape index (κ1) is 22.0. The van der Waals surface area contributed by atoms with Crippen LogP contribution in [-0.4, -0.2) is 54.9 Å². The number of nitrogens with zero attached hydrogens (tertiary/aromatic N) is 1. The predicted molar refractivity (Wildman–Crippen MR) is 101 cm³/mol. The summed E-state index contributed by atoms with van der Waals surface area (Å²) in [5, 5.41) is 2.59.